The van der Waals surface area contributed by atoms with E-state index >= 15 is 0 Å². The minimum absolute atomic E-state index is 0.0921. The summed E-state index contributed by atoms with van der Waals surface area (Å²) in [6, 6.07) is 11.3. The van der Waals surface area contributed by atoms with E-state index in [-0.39, 0.29) is 25.1 Å². The monoisotopic (exact) mass is 486 g/mol. The Morgan fingerprint density at radius 3 is 2.42 bits per heavy atom. The van der Waals surface area contributed by atoms with Crippen LogP contribution in [0.3, 0.4) is 0 Å². The molecule has 2 atom stereocenters. The van der Waals surface area contributed by atoms with Crippen LogP contribution in [-0.2, 0) is 27.6 Å². The number of nitrogens with zero attached hydrogens (tertiary/aromatic N) is 2. The van der Waals surface area contributed by atoms with Gasteiger partial charge in [-0.05, 0) is 55.9 Å². The van der Waals surface area contributed by atoms with E-state index in [0.717, 1.165) is 12.1 Å². The number of piperidine rings is 1. The van der Waals surface area contributed by atoms with E-state index in [1.807, 2.05) is 19.0 Å². The first-order valence-electron chi connectivity index (χ1n) is 10.5. The van der Waals surface area contributed by atoms with Gasteiger partial charge < -0.3 is 14.7 Å². The van der Waals surface area contributed by atoms with Crippen molar-refractivity contribution in [3.63, 3.8) is 0 Å². The third-order valence-corrected chi connectivity index (χ3v) is 7.84. The van der Waals surface area contributed by atoms with Crippen LogP contribution in [0.15, 0.2) is 48.5 Å². The summed E-state index contributed by atoms with van der Waals surface area (Å²) in [5, 5.41) is 11.6. The molecule has 0 saturated carbocycles. The van der Waals surface area contributed by atoms with Crippen molar-refractivity contribution in [1.82, 2.24) is 9.21 Å². The Kier molecular flexibility index (Phi) is 7.42. The fourth-order valence-electron chi connectivity index (χ4n) is 4.25. The van der Waals surface area contributed by atoms with E-state index in [9.17, 15) is 26.7 Å². The van der Waals surface area contributed by atoms with Crippen LogP contribution in [-0.4, -0.2) is 63.6 Å². The van der Waals surface area contributed by atoms with Gasteiger partial charge in [-0.15, -0.1) is 0 Å². The van der Waals surface area contributed by atoms with Crippen LogP contribution < -0.4 is 4.74 Å². The maximum atomic E-state index is 13.1. The first-order valence-corrected chi connectivity index (χ1v) is 12.1. The van der Waals surface area contributed by atoms with Crippen LogP contribution in [0.1, 0.15) is 23.1 Å². The molecule has 2 aromatic carbocycles. The summed E-state index contributed by atoms with van der Waals surface area (Å²) >= 11 is 0. The summed E-state index contributed by atoms with van der Waals surface area (Å²) in [5.41, 5.74) is -1.13. The maximum absolute atomic E-state index is 13.1. The highest BCUT2D eigenvalue weighted by molar-refractivity contribution is 7.88. The van der Waals surface area contributed by atoms with Gasteiger partial charge in [0.2, 0.25) is 10.0 Å². The molecule has 1 heterocycles. The molecular weight excluding hydrogens is 457 g/mol. The minimum Gasteiger partial charge on any atom is -0.497 e. The third-order valence-electron chi connectivity index (χ3n) is 6.02. The van der Waals surface area contributed by atoms with Crippen LogP contribution in [0.25, 0.3) is 0 Å². The van der Waals surface area contributed by atoms with Crippen molar-refractivity contribution in [2.24, 2.45) is 5.92 Å². The van der Waals surface area contributed by atoms with Crippen LogP contribution in [0.4, 0.5) is 13.2 Å². The highest BCUT2D eigenvalue weighted by Crippen LogP contribution is 2.40. The molecule has 2 unspecified atom stereocenters. The molecule has 1 N–H and O–H groups in total. The van der Waals surface area contributed by atoms with Crippen LogP contribution >= 0.6 is 0 Å². The number of halogens is 3. The molecule has 1 fully saturated rings. The Labute approximate surface area is 192 Å². The van der Waals surface area contributed by atoms with Crippen LogP contribution in [0.5, 0.6) is 5.75 Å². The number of rotatable bonds is 7. The van der Waals surface area contributed by atoms with Gasteiger partial charge in [0, 0.05) is 25.6 Å². The Hall–Kier alpha value is -2.14. The molecule has 0 aliphatic carbocycles. The molecule has 33 heavy (non-hydrogen) atoms. The van der Waals surface area contributed by atoms with Crippen molar-refractivity contribution in [2.45, 2.75) is 24.0 Å². The largest absolute Gasteiger partial charge is 0.497 e. The van der Waals surface area contributed by atoms with E-state index in [1.165, 1.54) is 23.5 Å². The fourth-order valence-corrected chi connectivity index (χ4v) is 5.83. The predicted molar refractivity (Wildman–Crippen MR) is 119 cm³/mol. The Morgan fingerprint density at radius 2 is 1.85 bits per heavy atom. The molecular formula is C23H29F3N2O4S. The number of hydrogen-bond donors (Lipinski definition) is 1. The van der Waals surface area contributed by atoms with Crippen molar-refractivity contribution in [1.29, 1.82) is 0 Å². The quantitative estimate of drug-likeness (QED) is 0.650. The third kappa shape index (κ3) is 5.87. The summed E-state index contributed by atoms with van der Waals surface area (Å²) < 4.78 is 71.2. The molecule has 0 aromatic heterocycles. The minimum atomic E-state index is -4.48. The average molecular weight is 487 g/mol. The molecule has 6 nitrogen and oxygen atoms in total. The Balaban J connectivity index is 1.82. The van der Waals surface area contributed by atoms with Crippen LogP contribution in [0, 0.1) is 5.92 Å². The van der Waals surface area contributed by atoms with Gasteiger partial charge in [0.1, 0.15) is 5.75 Å². The second-order valence-electron chi connectivity index (χ2n) is 8.67. The molecule has 0 bridgehead atoms. The van der Waals surface area contributed by atoms with E-state index in [0.29, 0.717) is 17.9 Å². The molecule has 1 saturated heterocycles. The Morgan fingerprint density at radius 1 is 1.18 bits per heavy atom. The molecule has 0 radical (unpaired) electrons. The van der Waals surface area contributed by atoms with E-state index in [4.69, 9.17) is 4.74 Å². The topological polar surface area (TPSA) is 70.1 Å². The molecule has 2 aromatic rings. The zero-order chi connectivity index (χ0) is 24.4. The summed E-state index contributed by atoms with van der Waals surface area (Å²) in [4.78, 5) is 1.89. The van der Waals surface area contributed by atoms with Gasteiger partial charge in [0.05, 0.1) is 24.0 Å². The molecule has 1 aliphatic rings. The van der Waals surface area contributed by atoms with Gasteiger partial charge in [0.15, 0.2) is 0 Å². The smallest absolute Gasteiger partial charge is 0.416 e. The number of benzene rings is 2. The van der Waals surface area contributed by atoms with E-state index < -0.39 is 39.0 Å². The zero-order valence-electron chi connectivity index (χ0n) is 18.8. The molecule has 0 amide bonds. The lowest BCUT2D eigenvalue weighted by Gasteiger charge is -2.45. The van der Waals surface area contributed by atoms with Crippen molar-refractivity contribution in [2.75, 3.05) is 40.8 Å². The average Bonchev–Trinajstić information content (AvgIpc) is 2.74. The first kappa shape index (κ1) is 25.5. The number of hydrogen-bond acceptors (Lipinski definition) is 5. The van der Waals surface area contributed by atoms with Gasteiger partial charge in [-0.3, -0.25) is 0 Å². The molecule has 3 rings (SSSR count). The normalized spacial score (nSPS) is 22.5. The van der Waals surface area contributed by atoms with Gasteiger partial charge in [0.25, 0.3) is 0 Å². The van der Waals surface area contributed by atoms with Crippen molar-refractivity contribution < 1.29 is 31.4 Å². The predicted octanol–water partition coefficient (Wildman–Crippen LogP) is 3.32. The second-order valence-corrected chi connectivity index (χ2v) is 10.6. The van der Waals surface area contributed by atoms with Gasteiger partial charge in [-0.25, -0.2) is 12.7 Å². The molecule has 0 spiro atoms. The van der Waals surface area contributed by atoms with E-state index in [2.05, 4.69) is 0 Å². The van der Waals surface area contributed by atoms with Gasteiger partial charge in [-0.1, -0.05) is 24.3 Å². The summed E-state index contributed by atoms with van der Waals surface area (Å²) in [7, 11) is 1.44. The standard InChI is InChI=1S/C23H29F3N2O4S/c1-27(2)14-20-15-28(12-11-22(20,29)19-5-4-6-21(13-19)32-3)33(30,31)16-17-7-9-18(10-8-17)23(24,25)26/h4-10,13,20,29H,11-12,14-16H2,1-3H3. The lowest BCUT2D eigenvalue weighted by molar-refractivity contribution is -0.137. The number of ether oxygens (including phenoxy) is 1. The summed E-state index contributed by atoms with van der Waals surface area (Å²) in [5.74, 6) is -0.227. The maximum Gasteiger partial charge on any atom is 0.416 e. The number of sulfonamides is 1. The van der Waals surface area contributed by atoms with E-state index in [1.54, 1.807) is 24.3 Å². The lowest BCUT2D eigenvalue weighted by atomic mass is 9.76. The SMILES string of the molecule is COc1cccc(C2(O)CCN(S(=O)(=O)Cc3ccc(C(F)(F)F)cc3)CC2CN(C)C)c1. The number of aliphatic hydroxyl groups is 1. The molecule has 182 valence electrons. The second kappa shape index (κ2) is 9.61. The van der Waals surface area contributed by atoms with Crippen molar-refractivity contribution in [3.05, 3.63) is 65.2 Å². The number of methoxy groups -OCH3 is 1. The highest BCUT2D eigenvalue weighted by atomic mass is 32.2. The van der Waals surface area contributed by atoms with Crippen molar-refractivity contribution in [3.8, 4) is 5.75 Å². The number of alkyl halides is 3. The van der Waals surface area contributed by atoms with Crippen LogP contribution in [0.2, 0.25) is 0 Å². The molecule has 1 aliphatic heterocycles. The zero-order valence-corrected chi connectivity index (χ0v) is 19.7. The summed E-state index contributed by atoms with van der Waals surface area (Å²) in [6.07, 6.45) is -4.29. The fraction of sp³-hybridized carbons (Fsp3) is 0.478. The highest BCUT2D eigenvalue weighted by Gasteiger charge is 2.45. The summed E-state index contributed by atoms with van der Waals surface area (Å²) in [6.45, 7) is 0.634. The first-order chi connectivity index (χ1) is 15.3. The van der Waals surface area contributed by atoms with Crippen molar-refractivity contribution >= 4 is 10.0 Å². The van der Waals surface area contributed by atoms with Gasteiger partial charge in [-0.2, -0.15) is 13.2 Å². The van der Waals surface area contributed by atoms with Gasteiger partial charge >= 0.3 is 6.18 Å². The molecule has 10 heteroatoms. The lowest BCUT2D eigenvalue weighted by Crippen LogP contribution is -2.54. The Bertz CT molecular complexity index is 1060.